The second-order valence-electron chi connectivity index (χ2n) is 4.54. The third-order valence-electron chi connectivity index (χ3n) is 2.61. The van der Waals surface area contributed by atoms with Gasteiger partial charge in [0, 0.05) is 12.6 Å². The number of hydrogen-bond acceptors (Lipinski definition) is 5. The van der Waals surface area contributed by atoms with Gasteiger partial charge in [-0.2, -0.15) is 0 Å². The first-order valence-corrected chi connectivity index (χ1v) is 6.62. The summed E-state index contributed by atoms with van der Waals surface area (Å²) in [5.41, 5.74) is 5.97. The van der Waals surface area contributed by atoms with Crippen LogP contribution in [0.5, 0.6) is 0 Å². The highest BCUT2D eigenvalue weighted by Crippen LogP contribution is 2.21. The molecule has 0 aliphatic heterocycles. The van der Waals surface area contributed by atoms with Crippen molar-refractivity contribution in [3.8, 4) is 0 Å². The summed E-state index contributed by atoms with van der Waals surface area (Å²) in [4.78, 5) is 8.46. The molecule has 5 heteroatoms. The molecule has 0 spiro atoms. The van der Waals surface area contributed by atoms with E-state index in [1.165, 1.54) is 11.8 Å². The SMILES string of the molecule is CCC(C)(C)CNc1cc(N)nc(SC)n1. The average Bonchev–Trinajstić information content (AvgIpc) is 2.26. The summed E-state index contributed by atoms with van der Waals surface area (Å²) in [5.74, 6) is 1.31. The van der Waals surface area contributed by atoms with Crippen molar-refractivity contribution in [3.05, 3.63) is 6.07 Å². The molecular formula is C11H20N4S. The second kappa shape index (κ2) is 5.39. The largest absolute Gasteiger partial charge is 0.383 e. The van der Waals surface area contributed by atoms with Crippen LogP contribution in [0.25, 0.3) is 0 Å². The smallest absolute Gasteiger partial charge is 0.191 e. The fourth-order valence-electron chi connectivity index (χ4n) is 1.08. The summed E-state index contributed by atoms with van der Waals surface area (Å²) in [5, 5.41) is 4.01. The minimum Gasteiger partial charge on any atom is -0.383 e. The van der Waals surface area contributed by atoms with Crippen LogP contribution in [0.2, 0.25) is 0 Å². The van der Waals surface area contributed by atoms with E-state index in [1.807, 2.05) is 6.26 Å². The molecule has 1 aromatic rings. The molecule has 0 aliphatic carbocycles. The molecule has 0 bridgehead atoms. The Morgan fingerprint density at radius 2 is 2.12 bits per heavy atom. The zero-order valence-corrected chi connectivity index (χ0v) is 11.2. The van der Waals surface area contributed by atoms with Gasteiger partial charge in [0.1, 0.15) is 11.6 Å². The molecule has 0 aliphatic rings. The van der Waals surface area contributed by atoms with Gasteiger partial charge in [-0.15, -0.1) is 0 Å². The monoisotopic (exact) mass is 240 g/mol. The van der Waals surface area contributed by atoms with E-state index in [0.717, 1.165) is 18.8 Å². The zero-order valence-electron chi connectivity index (χ0n) is 10.4. The highest BCUT2D eigenvalue weighted by molar-refractivity contribution is 7.98. The van der Waals surface area contributed by atoms with Crippen LogP contribution in [0.3, 0.4) is 0 Å². The number of hydrogen-bond donors (Lipinski definition) is 2. The summed E-state index contributed by atoms with van der Waals surface area (Å²) >= 11 is 1.49. The molecule has 0 radical (unpaired) electrons. The standard InChI is InChI=1S/C11H20N4S/c1-5-11(2,3)7-13-9-6-8(12)14-10(15-9)16-4/h6H,5,7H2,1-4H3,(H3,12,13,14,15). The fraction of sp³-hybridized carbons (Fsp3) is 0.636. The van der Waals surface area contributed by atoms with Gasteiger partial charge in [-0.1, -0.05) is 32.5 Å². The molecule has 4 nitrogen and oxygen atoms in total. The highest BCUT2D eigenvalue weighted by Gasteiger charge is 2.15. The summed E-state index contributed by atoms with van der Waals surface area (Å²) in [6.45, 7) is 7.51. The van der Waals surface area contributed by atoms with Crippen molar-refractivity contribution < 1.29 is 0 Å². The minimum absolute atomic E-state index is 0.263. The molecule has 90 valence electrons. The first-order chi connectivity index (χ1) is 7.46. The van der Waals surface area contributed by atoms with Crippen molar-refractivity contribution in [3.63, 3.8) is 0 Å². The Hall–Kier alpha value is -0.970. The molecule has 0 aromatic carbocycles. The lowest BCUT2D eigenvalue weighted by Crippen LogP contribution is -2.22. The van der Waals surface area contributed by atoms with Crippen LogP contribution in [0, 0.1) is 5.41 Å². The number of nitrogens with zero attached hydrogens (tertiary/aromatic N) is 2. The van der Waals surface area contributed by atoms with Gasteiger partial charge in [-0.05, 0) is 18.1 Å². The van der Waals surface area contributed by atoms with E-state index in [2.05, 4.69) is 36.1 Å². The number of aromatic nitrogens is 2. The molecule has 0 atom stereocenters. The van der Waals surface area contributed by atoms with Crippen LogP contribution >= 0.6 is 11.8 Å². The molecule has 0 fully saturated rings. The first-order valence-electron chi connectivity index (χ1n) is 5.39. The summed E-state index contributed by atoms with van der Waals surface area (Å²) < 4.78 is 0. The van der Waals surface area contributed by atoms with Crippen LogP contribution in [0.4, 0.5) is 11.6 Å². The van der Waals surface area contributed by atoms with E-state index < -0.39 is 0 Å². The van der Waals surface area contributed by atoms with Crippen LogP contribution in [0.15, 0.2) is 11.2 Å². The Balaban J connectivity index is 2.70. The average molecular weight is 240 g/mol. The molecule has 1 heterocycles. The third kappa shape index (κ3) is 3.89. The van der Waals surface area contributed by atoms with Gasteiger partial charge in [-0.25, -0.2) is 9.97 Å². The molecule has 0 saturated heterocycles. The lowest BCUT2D eigenvalue weighted by Gasteiger charge is -2.23. The van der Waals surface area contributed by atoms with Gasteiger partial charge < -0.3 is 11.1 Å². The van der Waals surface area contributed by atoms with Crippen molar-refractivity contribution in [1.29, 1.82) is 0 Å². The minimum atomic E-state index is 0.263. The molecular weight excluding hydrogens is 220 g/mol. The predicted octanol–water partition coefficient (Wildman–Crippen LogP) is 2.63. The van der Waals surface area contributed by atoms with Crippen LogP contribution in [0.1, 0.15) is 27.2 Å². The van der Waals surface area contributed by atoms with Crippen molar-refractivity contribution in [1.82, 2.24) is 9.97 Å². The van der Waals surface area contributed by atoms with Crippen molar-refractivity contribution in [2.75, 3.05) is 23.9 Å². The molecule has 0 unspecified atom stereocenters. The van der Waals surface area contributed by atoms with Gasteiger partial charge in [-0.3, -0.25) is 0 Å². The number of rotatable bonds is 5. The maximum atomic E-state index is 5.70. The Kier molecular flexibility index (Phi) is 4.41. The Morgan fingerprint density at radius 3 is 2.69 bits per heavy atom. The zero-order chi connectivity index (χ0) is 12.2. The second-order valence-corrected chi connectivity index (χ2v) is 5.31. The summed E-state index contributed by atoms with van der Waals surface area (Å²) in [6.07, 6.45) is 3.06. The van der Waals surface area contributed by atoms with Gasteiger partial charge in [0.25, 0.3) is 0 Å². The van der Waals surface area contributed by atoms with Gasteiger partial charge >= 0.3 is 0 Å². The molecule has 0 saturated carbocycles. The molecule has 16 heavy (non-hydrogen) atoms. The van der Waals surface area contributed by atoms with Crippen molar-refractivity contribution in [2.24, 2.45) is 5.41 Å². The predicted molar refractivity (Wildman–Crippen MR) is 70.8 cm³/mol. The number of thioether (sulfide) groups is 1. The van der Waals surface area contributed by atoms with E-state index in [9.17, 15) is 0 Å². The van der Waals surface area contributed by atoms with E-state index in [1.54, 1.807) is 6.07 Å². The van der Waals surface area contributed by atoms with E-state index in [-0.39, 0.29) is 5.41 Å². The topological polar surface area (TPSA) is 63.8 Å². The number of nitrogens with two attached hydrogens (primary N) is 1. The van der Waals surface area contributed by atoms with Crippen LogP contribution in [-0.4, -0.2) is 22.8 Å². The van der Waals surface area contributed by atoms with Gasteiger partial charge in [0.2, 0.25) is 0 Å². The number of anilines is 2. The molecule has 1 aromatic heterocycles. The normalized spacial score (nSPS) is 11.5. The Labute approximate surface area is 101 Å². The van der Waals surface area contributed by atoms with Gasteiger partial charge in [0.05, 0.1) is 0 Å². The van der Waals surface area contributed by atoms with Crippen molar-refractivity contribution in [2.45, 2.75) is 32.3 Å². The Bertz CT molecular complexity index is 352. The molecule has 0 amide bonds. The third-order valence-corrected chi connectivity index (χ3v) is 3.16. The quantitative estimate of drug-likeness (QED) is 0.612. The first kappa shape index (κ1) is 13.1. The van der Waals surface area contributed by atoms with E-state index >= 15 is 0 Å². The van der Waals surface area contributed by atoms with Crippen LogP contribution in [-0.2, 0) is 0 Å². The van der Waals surface area contributed by atoms with E-state index in [0.29, 0.717) is 11.0 Å². The maximum absolute atomic E-state index is 5.70. The number of nitrogens with one attached hydrogen (secondary N) is 1. The lowest BCUT2D eigenvalue weighted by atomic mass is 9.90. The fourth-order valence-corrected chi connectivity index (χ4v) is 1.47. The van der Waals surface area contributed by atoms with Gasteiger partial charge in [0.15, 0.2) is 5.16 Å². The Morgan fingerprint density at radius 1 is 1.44 bits per heavy atom. The van der Waals surface area contributed by atoms with E-state index in [4.69, 9.17) is 5.73 Å². The lowest BCUT2D eigenvalue weighted by molar-refractivity contribution is 0.376. The molecule has 3 N–H and O–H groups in total. The van der Waals surface area contributed by atoms with Crippen LogP contribution < -0.4 is 11.1 Å². The van der Waals surface area contributed by atoms with Crippen molar-refractivity contribution >= 4 is 23.4 Å². The summed E-state index contributed by atoms with van der Waals surface area (Å²) in [6, 6.07) is 1.77. The maximum Gasteiger partial charge on any atom is 0.191 e. The highest BCUT2D eigenvalue weighted by atomic mass is 32.2. The number of nitrogen functional groups attached to an aromatic ring is 1. The molecule has 1 rings (SSSR count). The summed E-state index contributed by atoms with van der Waals surface area (Å²) in [7, 11) is 0.